The lowest BCUT2D eigenvalue weighted by Gasteiger charge is -2.01. The van der Waals surface area contributed by atoms with Crippen LogP contribution in [0.5, 0.6) is 0 Å². The highest BCUT2D eigenvalue weighted by atomic mass is 16.2. The molecule has 0 fully saturated rings. The zero-order valence-corrected chi connectivity index (χ0v) is 13.0. The smallest absolute Gasteiger partial charge is 0.241 e. The monoisotopic (exact) mass is 319 g/mol. The molecule has 1 amide bonds. The number of para-hydroxylation sites is 1. The first-order valence-corrected chi connectivity index (χ1v) is 7.65. The summed E-state index contributed by atoms with van der Waals surface area (Å²) in [6.45, 7) is 0.460. The maximum atomic E-state index is 11.8. The molecule has 0 unspecified atom stereocenters. The van der Waals surface area contributed by atoms with E-state index in [1.165, 1.54) is 0 Å². The van der Waals surface area contributed by atoms with Gasteiger partial charge in [0.2, 0.25) is 5.91 Å². The molecule has 0 aliphatic carbocycles. The molecule has 3 aromatic rings. The number of hydrogen-bond acceptors (Lipinski definition) is 4. The first kappa shape index (κ1) is 15.6. The number of carbonyl (C=O) groups excluding carboxylic acids is 1. The molecule has 0 aliphatic rings. The van der Waals surface area contributed by atoms with Gasteiger partial charge in [-0.3, -0.25) is 4.79 Å². The van der Waals surface area contributed by atoms with Crippen molar-refractivity contribution < 1.29 is 4.79 Å². The molecule has 2 aromatic carbocycles. The number of benzene rings is 2. The van der Waals surface area contributed by atoms with E-state index in [0.29, 0.717) is 6.54 Å². The van der Waals surface area contributed by atoms with E-state index >= 15 is 0 Å². The van der Waals surface area contributed by atoms with E-state index in [0.717, 1.165) is 16.6 Å². The standard InChI is InChI=1S/C18H17N5O/c24-18(21-19-13-6-9-15-7-2-1-3-8-15)12-14-23-17-11-5-4-10-16(17)20-22-23/h1-11,13H,12,14H2,(H,21,24). The molecule has 3 rings (SSSR count). The number of nitrogens with zero attached hydrogens (tertiary/aromatic N) is 4. The van der Waals surface area contributed by atoms with Gasteiger partial charge in [-0.05, 0) is 23.8 Å². The minimum absolute atomic E-state index is 0.168. The molecule has 120 valence electrons. The van der Waals surface area contributed by atoms with Gasteiger partial charge in [-0.2, -0.15) is 5.10 Å². The van der Waals surface area contributed by atoms with E-state index in [1.807, 2.05) is 60.7 Å². The molecule has 6 heteroatoms. The largest absolute Gasteiger partial charge is 0.273 e. The Labute approximate surface area is 139 Å². The number of fused-ring (bicyclic) bond motifs is 1. The highest BCUT2D eigenvalue weighted by molar-refractivity contribution is 5.81. The number of aromatic nitrogens is 3. The van der Waals surface area contributed by atoms with Crippen LogP contribution in [0.1, 0.15) is 12.0 Å². The Bertz CT molecular complexity index is 867. The lowest BCUT2D eigenvalue weighted by Crippen LogP contribution is -2.19. The second-order valence-electron chi connectivity index (χ2n) is 5.13. The Balaban J connectivity index is 1.46. The van der Waals surface area contributed by atoms with Crippen molar-refractivity contribution in [3.63, 3.8) is 0 Å². The van der Waals surface area contributed by atoms with Gasteiger partial charge in [0.1, 0.15) is 5.52 Å². The quantitative estimate of drug-likeness (QED) is 0.561. The third-order valence-electron chi connectivity index (χ3n) is 3.41. The minimum atomic E-state index is -0.168. The van der Waals surface area contributed by atoms with Crippen LogP contribution in [-0.4, -0.2) is 27.1 Å². The van der Waals surface area contributed by atoms with Crippen LogP contribution < -0.4 is 5.43 Å². The normalized spacial score (nSPS) is 11.5. The van der Waals surface area contributed by atoms with Crippen LogP contribution >= 0.6 is 0 Å². The predicted molar refractivity (Wildman–Crippen MR) is 94.3 cm³/mol. The van der Waals surface area contributed by atoms with Crippen LogP contribution in [0.15, 0.2) is 65.8 Å². The Kier molecular flexibility index (Phi) is 5.09. The minimum Gasteiger partial charge on any atom is -0.273 e. The van der Waals surface area contributed by atoms with Crippen LogP contribution in [0.25, 0.3) is 17.1 Å². The third kappa shape index (κ3) is 4.13. The van der Waals surface area contributed by atoms with E-state index in [-0.39, 0.29) is 12.3 Å². The fourth-order valence-corrected chi connectivity index (χ4v) is 2.22. The number of allylic oxidation sites excluding steroid dienone is 1. The zero-order chi connectivity index (χ0) is 16.6. The lowest BCUT2D eigenvalue weighted by atomic mass is 10.2. The predicted octanol–water partition coefficient (Wildman–Crippen LogP) is 2.64. The molecular formula is C18H17N5O. The molecule has 0 saturated heterocycles. The average Bonchev–Trinajstić information content (AvgIpc) is 3.04. The summed E-state index contributed by atoms with van der Waals surface area (Å²) >= 11 is 0. The SMILES string of the molecule is O=C(CCn1nnc2ccccc21)NN=CC=Cc1ccccc1. The summed E-state index contributed by atoms with van der Waals surface area (Å²) in [6, 6.07) is 17.5. The number of aryl methyl sites for hydroxylation is 1. The molecule has 0 atom stereocenters. The van der Waals surface area contributed by atoms with Crippen molar-refractivity contribution in [3.8, 4) is 0 Å². The van der Waals surface area contributed by atoms with Crippen molar-refractivity contribution in [2.45, 2.75) is 13.0 Å². The highest BCUT2D eigenvalue weighted by Gasteiger charge is 2.05. The van der Waals surface area contributed by atoms with E-state index in [9.17, 15) is 4.79 Å². The van der Waals surface area contributed by atoms with Crippen LogP contribution in [0.2, 0.25) is 0 Å². The van der Waals surface area contributed by atoms with Crippen molar-refractivity contribution in [2.75, 3.05) is 0 Å². The summed E-state index contributed by atoms with van der Waals surface area (Å²) in [5, 5.41) is 12.0. The van der Waals surface area contributed by atoms with Gasteiger partial charge in [0.15, 0.2) is 0 Å². The summed E-state index contributed by atoms with van der Waals surface area (Å²) < 4.78 is 1.72. The van der Waals surface area contributed by atoms with Crippen LogP contribution in [0, 0.1) is 0 Å². The van der Waals surface area contributed by atoms with Crippen molar-refractivity contribution in [1.82, 2.24) is 20.4 Å². The maximum Gasteiger partial charge on any atom is 0.241 e. The van der Waals surface area contributed by atoms with Gasteiger partial charge in [-0.25, -0.2) is 10.1 Å². The molecule has 0 saturated carbocycles. The molecule has 0 aliphatic heterocycles. The maximum absolute atomic E-state index is 11.8. The summed E-state index contributed by atoms with van der Waals surface area (Å²) in [6.07, 6.45) is 5.53. The molecular weight excluding hydrogens is 302 g/mol. The van der Waals surface area contributed by atoms with Gasteiger partial charge in [-0.1, -0.05) is 53.8 Å². The third-order valence-corrected chi connectivity index (χ3v) is 3.41. The number of nitrogens with one attached hydrogen (secondary N) is 1. The first-order valence-electron chi connectivity index (χ1n) is 7.65. The number of rotatable bonds is 6. The Morgan fingerprint density at radius 2 is 1.92 bits per heavy atom. The second-order valence-corrected chi connectivity index (χ2v) is 5.13. The van der Waals surface area contributed by atoms with Gasteiger partial charge in [0, 0.05) is 12.6 Å². The molecule has 0 bridgehead atoms. The van der Waals surface area contributed by atoms with Crippen molar-refractivity contribution in [3.05, 3.63) is 66.2 Å². The second kappa shape index (κ2) is 7.82. The van der Waals surface area contributed by atoms with E-state index in [4.69, 9.17) is 0 Å². The van der Waals surface area contributed by atoms with Gasteiger partial charge in [-0.15, -0.1) is 5.10 Å². The molecule has 1 N–H and O–H groups in total. The van der Waals surface area contributed by atoms with Crippen LogP contribution in [-0.2, 0) is 11.3 Å². The molecule has 24 heavy (non-hydrogen) atoms. The van der Waals surface area contributed by atoms with Crippen LogP contribution in [0.3, 0.4) is 0 Å². The number of amides is 1. The summed E-state index contributed by atoms with van der Waals surface area (Å²) in [4.78, 5) is 11.8. The van der Waals surface area contributed by atoms with Crippen LogP contribution in [0.4, 0.5) is 0 Å². The summed E-state index contributed by atoms with van der Waals surface area (Å²) in [7, 11) is 0. The molecule has 1 aromatic heterocycles. The molecule has 0 spiro atoms. The average molecular weight is 319 g/mol. The van der Waals surface area contributed by atoms with Gasteiger partial charge < -0.3 is 0 Å². The fourth-order valence-electron chi connectivity index (χ4n) is 2.22. The van der Waals surface area contributed by atoms with Crippen molar-refractivity contribution in [1.29, 1.82) is 0 Å². The topological polar surface area (TPSA) is 72.2 Å². The van der Waals surface area contributed by atoms with E-state index in [1.54, 1.807) is 17.0 Å². The van der Waals surface area contributed by atoms with Crippen molar-refractivity contribution >= 4 is 29.2 Å². The molecule has 1 heterocycles. The van der Waals surface area contributed by atoms with Crippen molar-refractivity contribution in [2.24, 2.45) is 5.10 Å². The summed E-state index contributed by atoms with van der Waals surface area (Å²) in [5.41, 5.74) is 5.31. The Morgan fingerprint density at radius 1 is 1.12 bits per heavy atom. The first-order chi connectivity index (χ1) is 11.8. The fraction of sp³-hybridized carbons (Fsp3) is 0.111. The Morgan fingerprint density at radius 3 is 2.79 bits per heavy atom. The van der Waals surface area contributed by atoms with Gasteiger partial charge in [0.05, 0.1) is 12.1 Å². The van der Waals surface area contributed by atoms with E-state index < -0.39 is 0 Å². The highest BCUT2D eigenvalue weighted by Crippen LogP contribution is 2.09. The van der Waals surface area contributed by atoms with E-state index in [2.05, 4.69) is 20.8 Å². The van der Waals surface area contributed by atoms with Gasteiger partial charge >= 0.3 is 0 Å². The molecule has 0 radical (unpaired) electrons. The number of carbonyl (C=O) groups is 1. The lowest BCUT2D eigenvalue weighted by molar-refractivity contribution is -0.121. The summed E-state index contributed by atoms with van der Waals surface area (Å²) in [5.74, 6) is -0.168. The number of hydrazone groups is 1. The van der Waals surface area contributed by atoms with Gasteiger partial charge in [0.25, 0.3) is 0 Å². The molecule has 6 nitrogen and oxygen atoms in total. The Hall–Kier alpha value is -3.28. The zero-order valence-electron chi connectivity index (χ0n) is 13.0. The number of hydrogen-bond donors (Lipinski definition) is 1.